The number of hydrogen-bond acceptors (Lipinski definition) is 12. The van der Waals surface area contributed by atoms with Gasteiger partial charge in [0.25, 0.3) is 30.4 Å². The number of rotatable bonds is 6. The van der Waals surface area contributed by atoms with Gasteiger partial charge in [-0.15, -0.1) is 0 Å². The number of aromatic carboxylic acids is 3. The van der Waals surface area contributed by atoms with Gasteiger partial charge in [-0.1, -0.05) is 35.4 Å². The zero-order valence-electron chi connectivity index (χ0n) is 20.6. The number of carboxylic acids is 3. The van der Waals surface area contributed by atoms with E-state index in [9.17, 15) is 55.0 Å². The van der Waals surface area contributed by atoms with Crippen LogP contribution >= 0.6 is 0 Å². The van der Waals surface area contributed by atoms with Crippen LogP contribution in [0.25, 0.3) is 0 Å². The Hall–Kier alpha value is -4.27. The van der Waals surface area contributed by atoms with E-state index in [1.165, 1.54) is 0 Å². The molecule has 0 saturated carbocycles. The van der Waals surface area contributed by atoms with Crippen LogP contribution in [0, 0.1) is 0 Å². The van der Waals surface area contributed by atoms with E-state index in [1.54, 1.807) is 0 Å². The van der Waals surface area contributed by atoms with Gasteiger partial charge in [0.1, 0.15) is 0 Å². The number of hydrogen-bond donors (Lipinski definition) is 6. The van der Waals surface area contributed by atoms with Gasteiger partial charge in [-0.25, -0.2) is 14.4 Å². The Morgan fingerprint density at radius 1 is 0.465 bits per heavy atom. The van der Waals surface area contributed by atoms with E-state index in [0.29, 0.717) is 0 Å². The van der Waals surface area contributed by atoms with Crippen LogP contribution in [0.1, 0.15) is 31.1 Å². The van der Waals surface area contributed by atoms with Gasteiger partial charge in [0.05, 0.1) is 31.4 Å². The normalized spacial score (nSPS) is 11.0. The van der Waals surface area contributed by atoms with Crippen molar-refractivity contribution in [3.8, 4) is 17.2 Å². The second-order valence-corrected chi connectivity index (χ2v) is 11.4. The van der Waals surface area contributed by atoms with Gasteiger partial charge in [0.2, 0.25) is 0 Å². The summed E-state index contributed by atoms with van der Waals surface area (Å²) in [5.74, 6) is -8.28. The first-order valence-electron chi connectivity index (χ1n) is 10.0. The van der Waals surface area contributed by atoms with E-state index in [4.69, 9.17) is 29.0 Å². The first-order chi connectivity index (χ1) is 19.0. The van der Waals surface area contributed by atoms with Crippen molar-refractivity contribution in [2.45, 2.75) is 14.7 Å². The molecule has 22 heteroatoms. The van der Waals surface area contributed by atoms with Gasteiger partial charge in [-0.05, 0) is 36.4 Å². The molecule has 0 fully saturated rings. The summed E-state index contributed by atoms with van der Waals surface area (Å²) in [6.07, 6.45) is 0. The summed E-state index contributed by atoms with van der Waals surface area (Å²) in [6.45, 7) is 0. The van der Waals surface area contributed by atoms with Gasteiger partial charge in [0.15, 0.2) is 0 Å². The van der Waals surface area contributed by atoms with Crippen LogP contribution in [0.2, 0.25) is 0 Å². The Labute approximate surface area is 252 Å². The van der Waals surface area contributed by atoms with E-state index >= 15 is 0 Å². The molecule has 0 aliphatic rings. The topological polar surface area (TPSA) is 344 Å². The predicted octanol–water partition coefficient (Wildman–Crippen LogP) is -1.27. The molecule has 0 aromatic heterocycles. The molecule has 0 radical (unpaired) electrons. The number of benzene rings is 3. The Morgan fingerprint density at radius 2 is 0.651 bits per heavy atom. The van der Waals surface area contributed by atoms with Crippen LogP contribution in [-0.4, -0.2) is 89.5 Å². The van der Waals surface area contributed by atoms with Gasteiger partial charge in [-0.2, -0.15) is 25.3 Å². The van der Waals surface area contributed by atoms with E-state index < -0.39 is 96.9 Å². The quantitative estimate of drug-likeness (QED) is 0.131. The minimum Gasteiger partial charge on any atom is -0.871 e. The molecule has 6 N–H and O–H groups in total. The SMILES string of the molecule is O=C(O)c1cccc(S(=O)(=O)O)c1[O-].O=C(O)c1cccc(S(=O)(=O)O)c1[O-].O=C(O)c1cccc(S(=O)(=O)O)c1[O-].[Al+3]. The summed E-state index contributed by atoms with van der Waals surface area (Å²) in [5.41, 5.74) is -2.08. The fourth-order valence-electron chi connectivity index (χ4n) is 2.66. The molecule has 0 saturated heterocycles. The standard InChI is InChI=1S/3C7H6O6S.Al/c3*8-6-4(7(9)10)2-1-3-5(6)14(11,12)13;/h3*1-3,8H,(H,9,10)(H,11,12,13);/q;;;+3/p-3. The monoisotopic (exact) mass is 678 g/mol. The second-order valence-electron chi connectivity index (χ2n) is 7.24. The summed E-state index contributed by atoms with van der Waals surface area (Å²) < 4.78 is 89.2. The fourth-order valence-corrected chi connectivity index (χ4v) is 4.45. The van der Waals surface area contributed by atoms with E-state index in [0.717, 1.165) is 54.6 Å². The molecular formula is C21H15AlO18S3. The van der Waals surface area contributed by atoms with E-state index in [-0.39, 0.29) is 17.4 Å². The average Bonchev–Trinajstić information content (AvgIpc) is 2.82. The Bertz CT molecular complexity index is 1650. The van der Waals surface area contributed by atoms with Crippen LogP contribution in [-0.2, 0) is 30.4 Å². The smallest absolute Gasteiger partial charge is 0.871 e. The summed E-state index contributed by atoms with van der Waals surface area (Å²) >= 11 is 0. The van der Waals surface area contributed by atoms with E-state index in [2.05, 4.69) is 0 Å². The van der Waals surface area contributed by atoms with Crippen molar-refractivity contribution in [2.75, 3.05) is 0 Å². The molecule has 0 atom stereocenters. The Kier molecular flexibility index (Phi) is 13.3. The maximum atomic E-state index is 11.1. The molecule has 0 aliphatic carbocycles. The summed E-state index contributed by atoms with van der Waals surface area (Å²) in [4.78, 5) is 28.5. The largest absolute Gasteiger partial charge is 3.00 e. The van der Waals surface area contributed by atoms with Crippen molar-refractivity contribution < 1.29 is 83.9 Å². The fraction of sp³-hybridized carbons (Fsp3) is 0. The van der Waals surface area contributed by atoms with Crippen LogP contribution in [0.3, 0.4) is 0 Å². The molecule has 0 heterocycles. The maximum Gasteiger partial charge on any atom is 3.00 e. The predicted molar refractivity (Wildman–Crippen MR) is 134 cm³/mol. The zero-order valence-corrected chi connectivity index (χ0v) is 24.2. The van der Waals surface area contributed by atoms with Crippen molar-refractivity contribution in [2.24, 2.45) is 0 Å². The molecule has 0 unspecified atom stereocenters. The summed E-state index contributed by atoms with van der Waals surface area (Å²) in [7, 11) is -14.0. The molecule has 3 rings (SSSR count). The third-order valence-corrected chi connectivity index (χ3v) is 7.09. The molecule has 0 spiro atoms. The molecule has 43 heavy (non-hydrogen) atoms. The van der Waals surface area contributed by atoms with Crippen LogP contribution < -0.4 is 15.3 Å². The van der Waals surface area contributed by atoms with Crippen molar-refractivity contribution in [3.05, 3.63) is 71.3 Å². The first kappa shape index (κ1) is 38.7. The molecule has 0 bridgehead atoms. The van der Waals surface area contributed by atoms with Crippen molar-refractivity contribution >= 4 is 65.6 Å². The zero-order chi connectivity index (χ0) is 32.8. The third-order valence-electron chi connectivity index (χ3n) is 4.46. The summed E-state index contributed by atoms with van der Waals surface area (Å²) in [5, 5.41) is 58.8. The molecule has 3 aromatic carbocycles. The maximum absolute atomic E-state index is 11.1. The van der Waals surface area contributed by atoms with Gasteiger partial charge in [0, 0.05) is 0 Å². The number of carboxylic acid groups (broad SMARTS) is 3. The Morgan fingerprint density at radius 3 is 0.791 bits per heavy atom. The third kappa shape index (κ3) is 10.5. The molecule has 3 aromatic rings. The van der Waals surface area contributed by atoms with Crippen LogP contribution in [0.4, 0.5) is 0 Å². The minimum absolute atomic E-state index is 0. The minimum atomic E-state index is -4.67. The van der Waals surface area contributed by atoms with Crippen molar-refractivity contribution in [1.29, 1.82) is 0 Å². The van der Waals surface area contributed by atoms with Gasteiger partial charge < -0.3 is 30.6 Å². The van der Waals surface area contributed by atoms with Crippen molar-refractivity contribution in [3.63, 3.8) is 0 Å². The summed E-state index contributed by atoms with van der Waals surface area (Å²) in [6, 6.07) is 8.58. The second kappa shape index (κ2) is 14.8. The van der Waals surface area contributed by atoms with Crippen LogP contribution in [0.5, 0.6) is 17.2 Å². The average molecular weight is 679 g/mol. The Balaban J connectivity index is 0.000000608. The first-order valence-corrected chi connectivity index (χ1v) is 14.4. The molecule has 18 nitrogen and oxygen atoms in total. The molecule has 0 amide bonds. The number of carbonyl (C=O) groups is 3. The molecule has 0 aliphatic heterocycles. The van der Waals surface area contributed by atoms with Gasteiger partial charge >= 0.3 is 35.3 Å². The molecular weight excluding hydrogens is 663 g/mol. The van der Waals surface area contributed by atoms with Gasteiger partial charge in [-0.3, -0.25) is 13.7 Å². The number of para-hydroxylation sites is 3. The van der Waals surface area contributed by atoms with Crippen LogP contribution in [0.15, 0.2) is 69.3 Å². The van der Waals surface area contributed by atoms with Crippen molar-refractivity contribution in [1.82, 2.24) is 0 Å². The van der Waals surface area contributed by atoms with E-state index in [1.807, 2.05) is 0 Å². The molecule has 228 valence electrons.